The monoisotopic (exact) mass is 337 g/mol. The van der Waals surface area contributed by atoms with Crippen molar-refractivity contribution in [3.63, 3.8) is 0 Å². The Balaban J connectivity index is 0.000000277. The van der Waals surface area contributed by atoms with E-state index in [0.717, 1.165) is 17.3 Å². The highest BCUT2D eigenvalue weighted by Crippen LogP contribution is 2.33. The molecule has 1 unspecified atom stereocenters. The summed E-state index contributed by atoms with van der Waals surface area (Å²) in [5.74, 6) is -3.65. The van der Waals surface area contributed by atoms with E-state index in [2.05, 4.69) is 9.89 Å². The number of non-ortho nitro benzene ring substituents is 1. The normalized spacial score (nSPS) is 17.8. The highest BCUT2D eigenvalue weighted by molar-refractivity contribution is 8.16. The van der Waals surface area contributed by atoms with Crippen molar-refractivity contribution in [3.05, 3.63) is 51.6 Å². The molecule has 0 spiro atoms. The Morgan fingerprint density at radius 3 is 2.35 bits per heavy atom. The second-order valence-electron chi connectivity index (χ2n) is 4.44. The minimum absolute atomic E-state index is 0.0863. The summed E-state index contributed by atoms with van der Waals surface area (Å²) < 4.78 is 0. The molecule has 0 aromatic heterocycles. The molecule has 0 radical (unpaired) electrons. The van der Waals surface area contributed by atoms with Crippen LogP contribution >= 0.6 is 11.8 Å². The molecule has 3 rings (SSSR count). The van der Waals surface area contributed by atoms with Crippen molar-refractivity contribution >= 4 is 34.6 Å². The van der Waals surface area contributed by atoms with Gasteiger partial charge in [0.1, 0.15) is 0 Å². The van der Waals surface area contributed by atoms with Crippen LogP contribution in [0.25, 0.3) is 0 Å². The number of hydrogen-bond acceptors (Lipinski definition) is 7. The Bertz CT molecular complexity index is 688. The Morgan fingerprint density at radius 2 is 1.87 bits per heavy atom. The molecule has 1 aromatic rings. The minimum atomic E-state index is -1.82. The summed E-state index contributed by atoms with van der Waals surface area (Å²) in [6.07, 6.45) is 2.01. The smallest absolute Gasteiger partial charge is 0.414 e. The van der Waals surface area contributed by atoms with E-state index in [4.69, 9.17) is 19.8 Å². The number of aliphatic carboxylic acids is 2. The molecule has 1 atom stereocenters. The van der Waals surface area contributed by atoms with Crippen molar-refractivity contribution in [1.82, 2.24) is 4.90 Å². The molecule has 23 heavy (non-hydrogen) atoms. The first-order valence-electron chi connectivity index (χ1n) is 6.27. The molecule has 0 aliphatic carbocycles. The average molecular weight is 337 g/mol. The van der Waals surface area contributed by atoms with Crippen LogP contribution in [0, 0.1) is 10.1 Å². The number of carbonyl (C=O) groups is 2. The van der Waals surface area contributed by atoms with E-state index >= 15 is 0 Å². The van der Waals surface area contributed by atoms with Gasteiger partial charge in [0.15, 0.2) is 5.17 Å². The van der Waals surface area contributed by atoms with Crippen LogP contribution in [0.4, 0.5) is 5.69 Å². The molecular formula is C13H11N3O6S. The van der Waals surface area contributed by atoms with E-state index in [9.17, 15) is 10.1 Å². The van der Waals surface area contributed by atoms with Crippen molar-refractivity contribution in [2.75, 3.05) is 6.54 Å². The summed E-state index contributed by atoms with van der Waals surface area (Å²) in [6.45, 7) is 0.816. The lowest BCUT2D eigenvalue weighted by molar-refractivity contribution is -0.384. The van der Waals surface area contributed by atoms with Crippen molar-refractivity contribution in [1.29, 1.82) is 0 Å². The van der Waals surface area contributed by atoms with E-state index in [1.165, 1.54) is 12.1 Å². The number of aliphatic imine (C=N–C) groups is 1. The van der Waals surface area contributed by atoms with E-state index < -0.39 is 11.9 Å². The van der Waals surface area contributed by atoms with Crippen molar-refractivity contribution < 1.29 is 24.7 Å². The zero-order chi connectivity index (χ0) is 17.0. The Morgan fingerprint density at radius 1 is 1.26 bits per heavy atom. The topological polar surface area (TPSA) is 133 Å². The zero-order valence-electron chi connectivity index (χ0n) is 11.5. The molecule has 0 fully saturated rings. The van der Waals surface area contributed by atoms with Gasteiger partial charge >= 0.3 is 11.9 Å². The molecule has 2 heterocycles. The van der Waals surface area contributed by atoms with E-state index in [0.29, 0.717) is 0 Å². The summed E-state index contributed by atoms with van der Waals surface area (Å²) in [5, 5.41) is 28.3. The van der Waals surface area contributed by atoms with Gasteiger partial charge in [0.2, 0.25) is 0 Å². The maximum absolute atomic E-state index is 10.6. The summed E-state index contributed by atoms with van der Waals surface area (Å²) in [4.78, 5) is 35.0. The summed E-state index contributed by atoms with van der Waals surface area (Å²) in [6, 6.07) is 6.71. The van der Waals surface area contributed by atoms with Crippen LogP contribution < -0.4 is 0 Å². The molecule has 120 valence electrons. The maximum atomic E-state index is 10.6. The largest absolute Gasteiger partial charge is 0.473 e. The van der Waals surface area contributed by atoms with E-state index in [1.807, 2.05) is 11.6 Å². The molecule has 0 amide bonds. The van der Waals surface area contributed by atoms with Crippen LogP contribution in [0.15, 0.2) is 40.9 Å². The summed E-state index contributed by atoms with van der Waals surface area (Å²) >= 11 is 1.61. The van der Waals surface area contributed by atoms with Crippen LogP contribution in [-0.4, -0.2) is 43.7 Å². The summed E-state index contributed by atoms with van der Waals surface area (Å²) in [5.41, 5.74) is 1.14. The van der Waals surface area contributed by atoms with Gasteiger partial charge < -0.3 is 15.1 Å². The van der Waals surface area contributed by atoms with Gasteiger partial charge in [-0.2, -0.15) is 0 Å². The fourth-order valence-corrected chi connectivity index (χ4v) is 2.69. The lowest BCUT2D eigenvalue weighted by atomic mass is 10.1. The van der Waals surface area contributed by atoms with Gasteiger partial charge in [-0.05, 0) is 23.1 Å². The molecule has 9 nitrogen and oxygen atoms in total. The second kappa shape index (κ2) is 6.92. The van der Waals surface area contributed by atoms with Gasteiger partial charge in [0, 0.05) is 18.3 Å². The van der Waals surface area contributed by atoms with Crippen molar-refractivity contribution in [2.24, 2.45) is 4.99 Å². The fourth-order valence-electron chi connectivity index (χ4n) is 1.90. The predicted octanol–water partition coefficient (Wildman–Crippen LogP) is 1.68. The standard InChI is InChI=1S/C11H9N3O2S.C2H2O4/c15-14(16)9-3-1-8(2-4-9)10-7-13-5-6-17-11(13)12-10;3-1(4)2(5)6/h1-6,10H,7H2;(H,3,4)(H,5,6). The lowest BCUT2D eigenvalue weighted by Crippen LogP contribution is -2.15. The first kappa shape index (κ1) is 16.5. The first-order valence-corrected chi connectivity index (χ1v) is 7.15. The van der Waals surface area contributed by atoms with Crippen LogP contribution in [0.1, 0.15) is 11.6 Å². The van der Waals surface area contributed by atoms with Crippen LogP contribution in [-0.2, 0) is 9.59 Å². The van der Waals surface area contributed by atoms with Crippen LogP contribution in [0.2, 0.25) is 0 Å². The average Bonchev–Trinajstić information content (AvgIpc) is 3.09. The predicted molar refractivity (Wildman–Crippen MR) is 82.0 cm³/mol. The number of amidine groups is 1. The molecule has 2 aliphatic rings. The molecule has 0 bridgehead atoms. The van der Waals surface area contributed by atoms with Crippen LogP contribution in [0.5, 0.6) is 0 Å². The minimum Gasteiger partial charge on any atom is -0.473 e. The number of carboxylic acids is 2. The molecule has 0 saturated heterocycles. The molecular weight excluding hydrogens is 326 g/mol. The first-order chi connectivity index (χ1) is 10.9. The van der Waals surface area contributed by atoms with Gasteiger partial charge in [-0.25, -0.2) is 9.59 Å². The number of nitrogens with zero attached hydrogens (tertiary/aromatic N) is 3. The number of carboxylic acid groups (broad SMARTS) is 2. The number of hydrogen-bond donors (Lipinski definition) is 2. The third kappa shape index (κ3) is 4.07. The van der Waals surface area contributed by atoms with E-state index in [1.54, 1.807) is 23.9 Å². The van der Waals surface area contributed by atoms with Gasteiger partial charge in [0.05, 0.1) is 17.5 Å². The van der Waals surface area contributed by atoms with Gasteiger partial charge in [-0.1, -0.05) is 11.8 Å². The molecule has 2 N–H and O–H groups in total. The number of benzene rings is 1. The maximum Gasteiger partial charge on any atom is 0.414 e. The quantitative estimate of drug-likeness (QED) is 0.473. The number of rotatable bonds is 2. The molecule has 2 aliphatic heterocycles. The highest BCUT2D eigenvalue weighted by atomic mass is 32.2. The number of fused-ring (bicyclic) bond motifs is 1. The van der Waals surface area contributed by atoms with Crippen molar-refractivity contribution in [2.45, 2.75) is 6.04 Å². The lowest BCUT2D eigenvalue weighted by Gasteiger charge is -2.10. The third-order valence-corrected chi connectivity index (χ3v) is 3.78. The number of nitro benzene ring substituents is 1. The van der Waals surface area contributed by atoms with Crippen molar-refractivity contribution in [3.8, 4) is 0 Å². The zero-order valence-corrected chi connectivity index (χ0v) is 12.3. The fraction of sp³-hybridized carbons (Fsp3) is 0.154. The second-order valence-corrected chi connectivity index (χ2v) is 5.31. The Kier molecular flexibility index (Phi) is 4.96. The molecule has 1 aromatic carbocycles. The van der Waals surface area contributed by atoms with Gasteiger partial charge in [-0.3, -0.25) is 15.1 Å². The van der Waals surface area contributed by atoms with E-state index in [-0.39, 0.29) is 16.7 Å². The SMILES string of the molecule is O=C(O)C(=O)O.O=[N+]([O-])c1ccc(C2CN3C=CSC3=N2)cc1. The molecule has 0 saturated carbocycles. The Hall–Kier alpha value is -2.88. The number of thioether (sulfide) groups is 1. The molecule has 10 heteroatoms. The van der Waals surface area contributed by atoms with Crippen LogP contribution in [0.3, 0.4) is 0 Å². The van der Waals surface area contributed by atoms with Gasteiger partial charge in [0.25, 0.3) is 5.69 Å². The third-order valence-electron chi connectivity index (χ3n) is 2.97. The number of nitro groups is 1. The summed E-state index contributed by atoms with van der Waals surface area (Å²) in [7, 11) is 0. The Labute approximate surface area is 134 Å². The highest BCUT2D eigenvalue weighted by Gasteiger charge is 2.27. The van der Waals surface area contributed by atoms with Gasteiger partial charge in [-0.15, -0.1) is 0 Å².